The van der Waals surface area contributed by atoms with Gasteiger partial charge in [-0.1, -0.05) is 6.07 Å². The van der Waals surface area contributed by atoms with E-state index in [2.05, 4.69) is 5.32 Å². The SMILES string of the molecule is O=C(NCCc1cccs1)c1ccc(Cl)o1. The van der Waals surface area contributed by atoms with Crippen molar-refractivity contribution in [2.45, 2.75) is 6.42 Å². The predicted molar refractivity (Wildman–Crippen MR) is 64.1 cm³/mol. The van der Waals surface area contributed by atoms with Gasteiger partial charge in [0.2, 0.25) is 0 Å². The number of nitrogens with one attached hydrogen (secondary N) is 1. The molecule has 2 aromatic rings. The second kappa shape index (κ2) is 5.18. The molecule has 0 unspecified atom stereocenters. The van der Waals surface area contributed by atoms with Gasteiger partial charge in [0, 0.05) is 11.4 Å². The molecule has 2 rings (SSSR count). The van der Waals surface area contributed by atoms with Crippen molar-refractivity contribution in [2.75, 3.05) is 6.54 Å². The van der Waals surface area contributed by atoms with E-state index in [1.54, 1.807) is 23.5 Å². The molecule has 0 spiro atoms. The lowest BCUT2D eigenvalue weighted by atomic mass is 10.3. The Morgan fingerprint density at radius 2 is 2.31 bits per heavy atom. The van der Waals surface area contributed by atoms with Crippen LogP contribution in [0.25, 0.3) is 0 Å². The number of carbonyl (C=O) groups is 1. The number of thiophene rings is 1. The molecule has 16 heavy (non-hydrogen) atoms. The fraction of sp³-hybridized carbons (Fsp3) is 0.182. The minimum Gasteiger partial charge on any atom is -0.440 e. The van der Waals surface area contributed by atoms with E-state index in [-0.39, 0.29) is 16.9 Å². The van der Waals surface area contributed by atoms with Crippen LogP contribution in [0.4, 0.5) is 0 Å². The van der Waals surface area contributed by atoms with Crippen LogP contribution in [0.5, 0.6) is 0 Å². The second-order valence-corrected chi connectivity index (χ2v) is 4.59. The van der Waals surface area contributed by atoms with Gasteiger partial charge in [-0.15, -0.1) is 11.3 Å². The zero-order valence-electron chi connectivity index (χ0n) is 8.40. The molecule has 84 valence electrons. The molecule has 0 radical (unpaired) electrons. The van der Waals surface area contributed by atoms with Crippen LogP contribution in [-0.2, 0) is 6.42 Å². The lowest BCUT2D eigenvalue weighted by molar-refractivity contribution is 0.0926. The number of rotatable bonds is 4. The summed E-state index contributed by atoms with van der Waals surface area (Å²) < 4.78 is 4.99. The minimum atomic E-state index is -0.233. The molecular weight excluding hydrogens is 246 g/mol. The molecule has 0 atom stereocenters. The summed E-state index contributed by atoms with van der Waals surface area (Å²) in [4.78, 5) is 12.8. The number of halogens is 1. The monoisotopic (exact) mass is 255 g/mol. The Balaban J connectivity index is 1.80. The van der Waals surface area contributed by atoms with Crippen LogP contribution in [0, 0.1) is 0 Å². The predicted octanol–water partition coefficient (Wildman–Crippen LogP) is 2.97. The van der Waals surface area contributed by atoms with Crippen molar-refractivity contribution in [2.24, 2.45) is 0 Å². The molecule has 1 amide bonds. The van der Waals surface area contributed by atoms with Crippen molar-refractivity contribution < 1.29 is 9.21 Å². The number of carbonyl (C=O) groups excluding carboxylic acids is 1. The lowest BCUT2D eigenvalue weighted by Gasteiger charge is -2.01. The van der Waals surface area contributed by atoms with E-state index in [1.165, 1.54) is 4.88 Å². The number of amides is 1. The largest absolute Gasteiger partial charge is 0.440 e. The van der Waals surface area contributed by atoms with Gasteiger partial charge < -0.3 is 9.73 Å². The Labute approximate surface area is 102 Å². The summed E-state index contributed by atoms with van der Waals surface area (Å²) in [5, 5.41) is 5.01. The number of hydrogen-bond donors (Lipinski definition) is 1. The average Bonchev–Trinajstić information content (AvgIpc) is 2.89. The van der Waals surface area contributed by atoms with Crippen LogP contribution in [-0.4, -0.2) is 12.5 Å². The van der Waals surface area contributed by atoms with Crippen LogP contribution < -0.4 is 5.32 Å². The summed E-state index contributed by atoms with van der Waals surface area (Å²) >= 11 is 7.25. The van der Waals surface area contributed by atoms with Crippen molar-refractivity contribution in [3.8, 4) is 0 Å². The molecule has 0 aliphatic rings. The normalized spacial score (nSPS) is 10.3. The molecule has 2 aromatic heterocycles. The third-order valence-corrected chi connectivity index (χ3v) is 3.17. The zero-order chi connectivity index (χ0) is 11.4. The summed E-state index contributed by atoms with van der Waals surface area (Å²) in [6.07, 6.45) is 0.831. The zero-order valence-corrected chi connectivity index (χ0v) is 9.98. The van der Waals surface area contributed by atoms with E-state index >= 15 is 0 Å². The van der Waals surface area contributed by atoms with Crippen molar-refractivity contribution in [3.05, 3.63) is 45.5 Å². The molecule has 0 fully saturated rings. The fourth-order valence-corrected chi connectivity index (χ4v) is 2.13. The first-order chi connectivity index (χ1) is 7.75. The molecule has 0 aliphatic carbocycles. The van der Waals surface area contributed by atoms with E-state index in [0.717, 1.165) is 6.42 Å². The van der Waals surface area contributed by atoms with E-state index in [0.29, 0.717) is 6.54 Å². The van der Waals surface area contributed by atoms with Crippen molar-refractivity contribution in [3.63, 3.8) is 0 Å². The molecule has 0 aromatic carbocycles. The van der Waals surface area contributed by atoms with E-state index in [1.807, 2.05) is 17.5 Å². The first kappa shape index (κ1) is 11.2. The van der Waals surface area contributed by atoms with E-state index in [4.69, 9.17) is 16.0 Å². The van der Waals surface area contributed by atoms with Gasteiger partial charge in [0.25, 0.3) is 5.91 Å². The van der Waals surface area contributed by atoms with Crippen LogP contribution in [0.1, 0.15) is 15.4 Å². The Morgan fingerprint density at radius 3 is 2.94 bits per heavy atom. The van der Waals surface area contributed by atoms with Crippen LogP contribution in [0.3, 0.4) is 0 Å². The van der Waals surface area contributed by atoms with Crippen LogP contribution in [0.15, 0.2) is 34.1 Å². The van der Waals surface area contributed by atoms with Crippen molar-refractivity contribution >= 4 is 28.8 Å². The van der Waals surface area contributed by atoms with Crippen molar-refractivity contribution in [1.29, 1.82) is 0 Å². The average molecular weight is 256 g/mol. The van der Waals surface area contributed by atoms with Gasteiger partial charge in [-0.2, -0.15) is 0 Å². The van der Waals surface area contributed by atoms with Gasteiger partial charge in [-0.3, -0.25) is 4.79 Å². The second-order valence-electron chi connectivity index (χ2n) is 3.19. The number of hydrogen-bond acceptors (Lipinski definition) is 3. The van der Waals surface area contributed by atoms with Crippen LogP contribution in [0.2, 0.25) is 5.22 Å². The summed E-state index contributed by atoms with van der Waals surface area (Å²) in [5.74, 6) is 0.0136. The fourth-order valence-electron chi connectivity index (χ4n) is 1.28. The molecular formula is C11H10ClNO2S. The molecule has 1 N–H and O–H groups in total. The van der Waals surface area contributed by atoms with E-state index < -0.39 is 0 Å². The van der Waals surface area contributed by atoms with Gasteiger partial charge in [-0.05, 0) is 41.6 Å². The number of furan rings is 1. The summed E-state index contributed by atoms with van der Waals surface area (Å²) in [6, 6.07) is 7.15. The lowest BCUT2D eigenvalue weighted by Crippen LogP contribution is -2.24. The van der Waals surface area contributed by atoms with Gasteiger partial charge in [0.05, 0.1) is 0 Å². The highest BCUT2D eigenvalue weighted by Crippen LogP contribution is 2.13. The Morgan fingerprint density at radius 1 is 1.44 bits per heavy atom. The minimum absolute atomic E-state index is 0.225. The molecule has 3 nitrogen and oxygen atoms in total. The maximum atomic E-state index is 11.5. The highest BCUT2D eigenvalue weighted by molar-refractivity contribution is 7.09. The standard InChI is InChI=1S/C11H10ClNO2S/c12-10-4-3-9(15-10)11(14)13-6-5-8-2-1-7-16-8/h1-4,7H,5-6H2,(H,13,14). The highest BCUT2D eigenvalue weighted by atomic mass is 35.5. The first-order valence-electron chi connectivity index (χ1n) is 4.81. The maximum absolute atomic E-state index is 11.5. The smallest absolute Gasteiger partial charge is 0.287 e. The van der Waals surface area contributed by atoms with Gasteiger partial charge in [-0.25, -0.2) is 0 Å². The van der Waals surface area contributed by atoms with Gasteiger partial charge >= 0.3 is 0 Å². The molecule has 0 saturated heterocycles. The highest BCUT2D eigenvalue weighted by Gasteiger charge is 2.09. The quantitative estimate of drug-likeness (QED) is 0.913. The van der Waals surface area contributed by atoms with E-state index in [9.17, 15) is 4.79 Å². The summed E-state index contributed by atoms with van der Waals surface area (Å²) in [6.45, 7) is 0.595. The Kier molecular flexibility index (Phi) is 3.64. The Hall–Kier alpha value is -1.26. The third kappa shape index (κ3) is 2.87. The Bertz CT molecular complexity index is 464. The van der Waals surface area contributed by atoms with Crippen LogP contribution >= 0.6 is 22.9 Å². The molecule has 2 heterocycles. The van der Waals surface area contributed by atoms with Crippen molar-refractivity contribution in [1.82, 2.24) is 5.32 Å². The first-order valence-corrected chi connectivity index (χ1v) is 6.07. The van der Waals surface area contributed by atoms with Gasteiger partial charge in [0.1, 0.15) is 0 Å². The molecule has 0 aliphatic heterocycles. The topological polar surface area (TPSA) is 42.2 Å². The summed E-state index contributed by atoms with van der Waals surface area (Å²) in [7, 11) is 0. The molecule has 0 bridgehead atoms. The molecule has 5 heteroatoms. The third-order valence-electron chi connectivity index (χ3n) is 2.03. The maximum Gasteiger partial charge on any atom is 0.287 e. The van der Waals surface area contributed by atoms with Gasteiger partial charge in [0.15, 0.2) is 11.0 Å². The molecule has 0 saturated carbocycles. The summed E-state index contributed by atoms with van der Waals surface area (Å²) in [5.41, 5.74) is 0.